The van der Waals surface area contributed by atoms with Gasteiger partial charge in [0.15, 0.2) is 0 Å². The van der Waals surface area contributed by atoms with Gasteiger partial charge in [-0.25, -0.2) is 8.42 Å². The normalized spacial score (nSPS) is 11.3. The maximum atomic E-state index is 12.3. The number of rotatable bonds is 7. The van der Waals surface area contributed by atoms with E-state index in [0.29, 0.717) is 22.2 Å². The molecule has 0 unspecified atom stereocenters. The Morgan fingerprint density at radius 2 is 2.05 bits per heavy atom. The molecular formula is C14H18N2O3S2. The smallest absolute Gasteiger partial charge is 0.271 e. The van der Waals surface area contributed by atoms with Crippen molar-refractivity contribution >= 4 is 27.0 Å². The third kappa shape index (κ3) is 4.20. The summed E-state index contributed by atoms with van der Waals surface area (Å²) < 4.78 is 32.6. The van der Waals surface area contributed by atoms with E-state index in [-0.39, 0.29) is 0 Å². The van der Waals surface area contributed by atoms with Gasteiger partial charge in [0.1, 0.15) is 9.96 Å². The highest BCUT2D eigenvalue weighted by Gasteiger charge is 2.17. The molecule has 1 aromatic carbocycles. The van der Waals surface area contributed by atoms with Crippen LogP contribution in [-0.4, -0.2) is 22.1 Å². The predicted octanol–water partition coefficient (Wildman–Crippen LogP) is 2.67. The van der Waals surface area contributed by atoms with E-state index in [4.69, 9.17) is 4.74 Å². The molecule has 0 aliphatic rings. The zero-order valence-electron chi connectivity index (χ0n) is 11.9. The van der Waals surface area contributed by atoms with Crippen LogP contribution in [0.4, 0.5) is 5.69 Å². The van der Waals surface area contributed by atoms with Crippen LogP contribution in [0.1, 0.15) is 11.8 Å². The molecule has 0 spiro atoms. The molecule has 1 heterocycles. The van der Waals surface area contributed by atoms with Gasteiger partial charge in [0.2, 0.25) is 0 Å². The van der Waals surface area contributed by atoms with Crippen LogP contribution < -0.4 is 14.8 Å². The van der Waals surface area contributed by atoms with Gasteiger partial charge in [0.05, 0.1) is 12.8 Å². The Balaban J connectivity index is 2.15. The summed E-state index contributed by atoms with van der Waals surface area (Å²) in [4.78, 5) is 0.989. The molecule has 7 heteroatoms. The molecule has 0 fully saturated rings. The van der Waals surface area contributed by atoms with Crippen molar-refractivity contribution in [3.63, 3.8) is 0 Å². The van der Waals surface area contributed by atoms with Crippen LogP contribution in [-0.2, 0) is 16.6 Å². The van der Waals surface area contributed by atoms with Gasteiger partial charge in [0.25, 0.3) is 10.0 Å². The molecular weight excluding hydrogens is 308 g/mol. The van der Waals surface area contributed by atoms with Crippen LogP contribution in [0.3, 0.4) is 0 Å². The first kappa shape index (κ1) is 15.8. The largest absolute Gasteiger partial charge is 0.497 e. The highest BCUT2D eigenvalue weighted by atomic mass is 32.2. The summed E-state index contributed by atoms with van der Waals surface area (Å²) in [6.45, 7) is 3.54. The minimum absolute atomic E-state index is 0.304. The Morgan fingerprint density at radius 1 is 1.24 bits per heavy atom. The highest BCUT2D eigenvalue weighted by Crippen LogP contribution is 2.25. The zero-order valence-corrected chi connectivity index (χ0v) is 13.6. The molecule has 0 saturated heterocycles. The fraction of sp³-hybridized carbons (Fsp3) is 0.286. The van der Waals surface area contributed by atoms with Crippen LogP contribution >= 0.6 is 11.3 Å². The fourth-order valence-electron chi connectivity index (χ4n) is 1.74. The van der Waals surface area contributed by atoms with Crippen molar-refractivity contribution in [1.29, 1.82) is 0 Å². The molecule has 114 valence electrons. The summed E-state index contributed by atoms with van der Waals surface area (Å²) in [6, 6.07) is 10.3. The van der Waals surface area contributed by atoms with Gasteiger partial charge >= 0.3 is 0 Å². The third-order valence-electron chi connectivity index (χ3n) is 2.77. The van der Waals surface area contributed by atoms with E-state index in [1.165, 1.54) is 11.3 Å². The standard InChI is InChI=1S/C14H18N2O3S2/c1-3-15-10-13-7-8-14(20-13)21(17,18)16-11-5-4-6-12(9-11)19-2/h4-9,15-16H,3,10H2,1-2H3. The van der Waals surface area contributed by atoms with Crippen LogP contribution in [0.2, 0.25) is 0 Å². The first-order valence-electron chi connectivity index (χ1n) is 6.51. The molecule has 0 radical (unpaired) electrons. The summed E-state index contributed by atoms with van der Waals surface area (Å²) >= 11 is 1.26. The number of ether oxygens (including phenoxy) is 1. The molecule has 0 saturated carbocycles. The van der Waals surface area contributed by atoms with Crippen LogP contribution in [0.5, 0.6) is 5.75 Å². The van der Waals surface area contributed by atoms with E-state index >= 15 is 0 Å². The minimum Gasteiger partial charge on any atom is -0.497 e. The zero-order chi connectivity index (χ0) is 15.3. The van der Waals surface area contributed by atoms with Gasteiger partial charge in [-0.15, -0.1) is 11.3 Å². The summed E-state index contributed by atoms with van der Waals surface area (Å²) in [5.41, 5.74) is 0.482. The Hall–Kier alpha value is -1.57. The number of thiophene rings is 1. The molecule has 0 bridgehead atoms. The molecule has 0 amide bonds. The number of anilines is 1. The molecule has 0 atom stereocenters. The second-order valence-corrected chi connectivity index (χ2v) is 7.42. The summed E-state index contributed by atoms with van der Waals surface area (Å²) in [6.07, 6.45) is 0. The Bertz CT molecular complexity index is 696. The summed E-state index contributed by atoms with van der Waals surface area (Å²) in [5.74, 6) is 0.606. The quantitative estimate of drug-likeness (QED) is 0.821. The lowest BCUT2D eigenvalue weighted by Crippen LogP contribution is -2.11. The Kier molecular flexibility index (Phi) is 5.22. The van der Waals surface area contributed by atoms with Crippen LogP contribution in [0, 0.1) is 0 Å². The number of hydrogen-bond donors (Lipinski definition) is 2. The van der Waals surface area contributed by atoms with Crippen LogP contribution in [0.25, 0.3) is 0 Å². The first-order valence-corrected chi connectivity index (χ1v) is 8.81. The van der Waals surface area contributed by atoms with Gasteiger partial charge < -0.3 is 10.1 Å². The van der Waals surface area contributed by atoms with Gasteiger partial charge in [-0.2, -0.15) is 0 Å². The second-order valence-electron chi connectivity index (χ2n) is 4.34. The van der Waals surface area contributed by atoms with Crippen LogP contribution in [0.15, 0.2) is 40.6 Å². The second kappa shape index (κ2) is 6.93. The minimum atomic E-state index is -3.56. The van der Waals surface area contributed by atoms with E-state index in [9.17, 15) is 8.42 Å². The fourth-order valence-corrected chi connectivity index (χ4v) is 4.11. The van der Waals surface area contributed by atoms with Crippen molar-refractivity contribution in [2.24, 2.45) is 0 Å². The van der Waals surface area contributed by atoms with Gasteiger partial charge in [-0.3, -0.25) is 4.72 Å². The number of benzene rings is 1. The number of sulfonamides is 1. The van der Waals surface area contributed by atoms with E-state index < -0.39 is 10.0 Å². The monoisotopic (exact) mass is 326 g/mol. The molecule has 0 aliphatic heterocycles. The lowest BCUT2D eigenvalue weighted by molar-refractivity contribution is 0.415. The van der Waals surface area contributed by atoms with Crippen molar-refractivity contribution in [2.75, 3.05) is 18.4 Å². The molecule has 2 aromatic rings. The first-order chi connectivity index (χ1) is 10.0. The number of nitrogens with one attached hydrogen (secondary N) is 2. The van der Waals surface area contributed by atoms with E-state index in [1.807, 2.05) is 13.0 Å². The van der Waals surface area contributed by atoms with E-state index in [1.54, 1.807) is 37.4 Å². The summed E-state index contributed by atoms with van der Waals surface area (Å²) in [7, 11) is -2.02. The maximum Gasteiger partial charge on any atom is 0.271 e. The number of methoxy groups -OCH3 is 1. The maximum absolute atomic E-state index is 12.3. The van der Waals surface area contributed by atoms with Crippen molar-refractivity contribution < 1.29 is 13.2 Å². The molecule has 5 nitrogen and oxygen atoms in total. The average molecular weight is 326 g/mol. The van der Waals surface area contributed by atoms with Crippen molar-refractivity contribution in [1.82, 2.24) is 5.32 Å². The molecule has 1 aromatic heterocycles. The molecule has 2 N–H and O–H groups in total. The predicted molar refractivity (Wildman–Crippen MR) is 85.5 cm³/mol. The molecule has 0 aliphatic carbocycles. The lowest BCUT2D eigenvalue weighted by atomic mass is 10.3. The van der Waals surface area contributed by atoms with E-state index in [2.05, 4.69) is 10.0 Å². The molecule has 21 heavy (non-hydrogen) atoms. The SMILES string of the molecule is CCNCc1ccc(S(=O)(=O)Nc2cccc(OC)c2)s1. The topological polar surface area (TPSA) is 67.4 Å². The van der Waals surface area contributed by atoms with Gasteiger partial charge in [0, 0.05) is 17.5 Å². The van der Waals surface area contributed by atoms with Gasteiger partial charge in [-0.05, 0) is 30.8 Å². The van der Waals surface area contributed by atoms with E-state index in [0.717, 1.165) is 11.4 Å². The average Bonchev–Trinajstić information content (AvgIpc) is 2.94. The highest BCUT2D eigenvalue weighted by molar-refractivity contribution is 7.94. The molecule has 2 rings (SSSR count). The van der Waals surface area contributed by atoms with Gasteiger partial charge in [-0.1, -0.05) is 13.0 Å². The van der Waals surface area contributed by atoms with Crippen molar-refractivity contribution in [2.45, 2.75) is 17.7 Å². The Labute approximate surface area is 129 Å². The number of hydrogen-bond acceptors (Lipinski definition) is 5. The lowest BCUT2D eigenvalue weighted by Gasteiger charge is -2.07. The summed E-state index contributed by atoms with van der Waals surface area (Å²) in [5, 5.41) is 3.17. The Morgan fingerprint density at radius 3 is 2.76 bits per heavy atom. The van der Waals surface area contributed by atoms with Crippen molar-refractivity contribution in [3.05, 3.63) is 41.3 Å². The third-order valence-corrected chi connectivity index (χ3v) is 5.73. The van der Waals surface area contributed by atoms with Crippen molar-refractivity contribution in [3.8, 4) is 5.75 Å².